The highest BCUT2D eigenvalue weighted by Crippen LogP contribution is 2.28. The monoisotopic (exact) mass is 517 g/mol. The van der Waals surface area contributed by atoms with Gasteiger partial charge in [-0.15, -0.1) is 11.8 Å². The van der Waals surface area contributed by atoms with Crippen molar-refractivity contribution in [3.05, 3.63) is 113 Å². The van der Waals surface area contributed by atoms with Gasteiger partial charge in [0.15, 0.2) is 5.78 Å². The fraction of sp³-hybridized carbons (Fsp3) is 0.194. The van der Waals surface area contributed by atoms with Crippen molar-refractivity contribution in [2.75, 3.05) is 5.75 Å². The van der Waals surface area contributed by atoms with Crippen LogP contribution in [0.15, 0.2) is 96.1 Å². The van der Waals surface area contributed by atoms with Crippen LogP contribution in [-0.2, 0) is 24.1 Å². The van der Waals surface area contributed by atoms with E-state index in [0.717, 1.165) is 35.6 Å². The molecule has 0 atom stereocenters. The molecule has 5 rings (SSSR count). The molecule has 2 aromatic heterocycles. The molecule has 3 heterocycles. The highest BCUT2D eigenvalue weighted by Gasteiger charge is 2.14. The third-order valence-electron chi connectivity index (χ3n) is 6.67. The molecule has 1 aliphatic heterocycles. The van der Waals surface area contributed by atoms with E-state index in [0.29, 0.717) is 40.8 Å². The average molecular weight is 517 g/mol. The first kappa shape index (κ1) is 25.8. The Bertz CT molecular complexity index is 1550. The summed E-state index contributed by atoms with van der Waals surface area (Å²) in [5.41, 5.74) is 6.44. The molecule has 188 valence electrons. The Hall–Kier alpha value is -3.84. The Labute approximate surface area is 228 Å². The van der Waals surface area contributed by atoms with Crippen molar-refractivity contribution >= 4 is 36.5 Å². The minimum absolute atomic E-state index is 0.127. The van der Waals surface area contributed by atoms with Crippen molar-refractivity contribution in [2.24, 2.45) is 0 Å². The summed E-state index contributed by atoms with van der Waals surface area (Å²) < 4.78 is 1.77. The van der Waals surface area contributed by atoms with Crippen molar-refractivity contribution in [1.29, 1.82) is 0 Å². The highest BCUT2D eigenvalue weighted by molar-refractivity contribution is 8.03. The zero-order valence-electron chi connectivity index (χ0n) is 21.1. The zero-order chi connectivity index (χ0) is 26.5. The SMILES string of the molecule is [B]c1cnn2c(CCc3ccc(CCC(=C)C(=O)CC4=CC=CCS4)cc3)cc(-c3ccccc3O)nc12. The number of hydrogen-bond donors (Lipinski definition) is 1. The molecule has 2 radical (unpaired) electrons. The normalized spacial score (nSPS) is 13.0. The summed E-state index contributed by atoms with van der Waals surface area (Å²) in [4.78, 5) is 18.3. The van der Waals surface area contributed by atoms with Gasteiger partial charge in [0.05, 0.1) is 5.69 Å². The van der Waals surface area contributed by atoms with Gasteiger partial charge in [-0.1, -0.05) is 61.2 Å². The molecule has 0 saturated carbocycles. The van der Waals surface area contributed by atoms with Crippen LogP contribution in [0.1, 0.15) is 29.7 Å². The average Bonchev–Trinajstić information content (AvgIpc) is 3.32. The van der Waals surface area contributed by atoms with Crippen molar-refractivity contribution in [3.63, 3.8) is 0 Å². The van der Waals surface area contributed by atoms with Crippen molar-refractivity contribution in [2.45, 2.75) is 32.1 Å². The van der Waals surface area contributed by atoms with Gasteiger partial charge in [0.1, 0.15) is 19.2 Å². The number of aromatic nitrogens is 3. The summed E-state index contributed by atoms with van der Waals surface area (Å²) in [6.07, 6.45) is 11.2. The number of nitrogens with zero attached hydrogens (tertiary/aromatic N) is 3. The number of aromatic hydroxyl groups is 1. The van der Waals surface area contributed by atoms with E-state index in [2.05, 4.69) is 47.0 Å². The molecule has 0 amide bonds. The lowest BCUT2D eigenvalue weighted by Crippen LogP contribution is -2.08. The van der Waals surface area contributed by atoms with Gasteiger partial charge in [0, 0.05) is 29.6 Å². The van der Waals surface area contributed by atoms with Crippen LogP contribution < -0.4 is 5.46 Å². The Morgan fingerprint density at radius 1 is 1.08 bits per heavy atom. The van der Waals surface area contributed by atoms with Gasteiger partial charge in [0.25, 0.3) is 0 Å². The molecule has 4 aromatic rings. The standard InChI is InChI=1S/C31H28BN3O2S/c1-21(30(37)19-25-6-4-5-17-38-25)9-10-22-11-13-23(14-12-22)15-16-24-18-28(26-7-2-3-8-29(26)36)34-31-27(32)20-33-35(24)31/h2-8,11-14,18,20,36H,1,9-10,15-17,19H2. The van der Waals surface area contributed by atoms with Crippen LogP contribution in [0, 0.1) is 0 Å². The van der Waals surface area contributed by atoms with Gasteiger partial charge in [-0.2, -0.15) is 5.10 Å². The van der Waals surface area contributed by atoms with Crippen LogP contribution >= 0.6 is 11.8 Å². The molecule has 1 N–H and O–H groups in total. The molecule has 0 bridgehead atoms. The van der Waals surface area contributed by atoms with E-state index in [1.165, 1.54) is 11.1 Å². The Morgan fingerprint density at radius 2 is 1.84 bits per heavy atom. The van der Waals surface area contributed by atoms with Gasteiger partial charge in [0.2, 0.25) is 0 Å². The first-order valence-electron chi connectivity index (χ1n) is 12.7. The molecule has 2 aromatic carbocycles. The number of hydrogen-bond acceptors (Lipinski definition) is 5. The molecule has 0 fully saturated rings. The van der Waals surface area contributed by atoms with Crippen LogP contribution in [0.3, 0.4) is 0 Å². The Kier molecular flexibility index (Phi) is 7.94. The van der Waals surface area contributed by atoms with E-state index in [-0.39, 0.29) is 11.5 Å². The molecule has 38 heavy (non-hydrogen) atoms. The molecule has 0 saturated heterocycles. The van der Waals surface area contributed by atoms with Crippen molar-refractivity contribution in [1.82, 2.24) is 14.6 Å². The van der Waals surface area contributed by atoms with Gasteiger partial charge in [-0.25, -0.2) is 9.50 Å². The lowest BCUT2D eigenvalue weighted by Gasteiger charge is -2.11. The van der Waals surface area contributed by atoms with Crippen LogP contribution in [0.25, 0.3) is 16.9 Å². The van der Waals surface area contributed by atoms with E-state index in [1.54, 1.807) is 34.6 Å². The lowest BCUT2D eigenvalue weighted by molar-refractivity contribution is -0.114. The third-order valence-corrected chi connectivity index (χ3v) is 7.68. The fourth-order valence-corrected chi connectivity index (χ4v) is 5.28. The quantitative estimate of drug-likeness (QED) is 0.228. The second kappa shape index (κ2) is 11.7. The minimum Gasteiger partial charge on any atom is -0.507 e. The fourth-order valence-electron chi connectivity index (χ4n) is 4.46. The van der Waals surface area contributed by atoms with E-state index < -0.39 is 0 Å². The van der Waals surface area contributed by atoms with Crippen molar-refractivity contribution in [3.8, 4) is 17.0 Å². The maximum absolute atomic E-state index is 12.5. The van der Waals surface area contributed by atoms with Gasteiger partial charge in [-0.3, -0.25) is 4.79 Å². The number of phenolic OH excluding ortho intramolecular Hbond substituents is 1. The maximum Gasteiger partial charge on any atom is 0.163 e. The molecule has 0 aliphatic carbocycles. The second-order valence-corrected chi connectivity index (χ2v) is 10.5. The van der Waals surface area contributed by atoms with Crippen molar-refractivity contribution < 1.29 is 9.90 Å². The largest absolute Gasteiger partial charge is 0.507 e. The summed E-state index contributed by atoms with van der Waals surface area (Å²) in [5.74, 6) is 1.23. The van der Waals surface area contributed by atoms with E-state index in [9.17, 15) is 9.90 Å². The summed E-state index contributed by atoms with van der Waals surface area (Å²) in [6.45, 7) is 4.03. The smallest absolute Gasteiger partial charge is 0.163 e. The number of rotatable bonds is 10. The number of fused-ring (bicyclic) bond motifs is 1. The zero-order valence-corrected chi connectivity index (χ0v) is 22.0. The number of carbonyl (C=O) groups is 1. The van der Waals surface area contributed by atoms with Crippen LogP contribution in [0.4, 0.5) is 0 Å². The number of benzene rings is 2. The molecule has 5 nitrogen and oxygen atoms in total. The number of phenols is 1. The van der Waals surface area contributed by atoms with E-state index in [4.69, 9.17) is 7.85 Å². The van der Waals surface area contributed by atoms with Gasteiger partial charge in [-0.05, 0) is 71.0 Å². The molecule has 0 unspecified atom stereocenters. The summed E-state index contributed by atoms with van der Waals surface area (Å²) >= 11 is 1.72. The Morgan fingerprint density at radius 3 is 2.58 bits per heavy atom. The summed E-state index contributed by atoms with van der Waals surface area (Å²) in [7, 11) is 6.13. The number of ketones is 1. The predicted molar refractivity (Wildman–Crippen MR) is 156 cm³/mol. The highest BCUT2D eigenvalue weighted by atomic mass is 32.2. The molecular formula is C31H28BN3O2S. The number of thioether (sulfide) groups is 1. The maximum atomic E-state index is 12.5. The number of aryl methyl sites for hydroxylation is 3. The predicted octanol–water partition coefficient (Wildman–Crippen LogP) is 5.32. The molecular weight excluding hydrogens is 489 g/mol. The number of allylic oxidation sites excluding steroid dienone is 4. The summed E-state index contributed by atoms with van der Waals surface area (Å²) in [5, 5.41) is 14.8. The summed E-state index contributed by atoms with van der Waals surface area (Å²) in [6, 6.07) is 17.6. The lowest BCUT2D eigenvalue weighted by atomic mass is 9.99. The molecule has 1 aliphatic rings. The molecule has 0 spiro atoms. The van der Waals surface area contributed by atoms with E-state index >= 15 is 0 Å². The third kappa shape index (κ3) is 6.00. The molecule has 7 heteroatoms. The van der Waals surface area contributed by atoms with Crippen LogP contribution in [0.5, 0.6) is 5.75 Å². The minimum atomic E-state index is 0.127. The topological polar surface area (TPSA) is 67.5 Å². The van der Waals surface area contributed by atoms with Gasteiger partial charge < -0.3 is 5.11 Å². The van der Waals surface area contributed by atoms with E-state index in [1.807, 2.05) is 30.4 Å². The number of carbonyl (C=O) groups excluding carboxylic acids is 1. The first-order valence-corrected chi connectivity index (χ1v) is 13.7. The number of Topliss-reactive ketones (excluding diaryl/α,β-unsaturated/α-hetero) is 1. The Balaban J connectivity index is 1.22. The first-order chi connectivity index (χ1) is 18.5. The second-order valence-electron chi connectivity index (χ2n) is 9.38. The van der Waals surface area contributed by atoms with Crippen LogP contribution in [-0.4, -0.2) is 39.1 Å². The number of para-hydroxylation sites is 1. The van der Waals surface area contributed by atoms with Gasteiger partial charge >= 0.3 is 0 Å². The van der Waals surface area contributed by atoms with Crippen LogP contribution in [0.2, 0.25) is 0 Å².